The minimum Gasteiger partial charge on any atom is -0.443 e. The van der Waals surface area contributed by atoms with E-state index in [1.807, 2.05) is 5.38 Å². The van der Waals surface area contributed by atoms with E-state index in [0.29, 0.717) is 16.6 Å². The topological polar surface area (TPSA) is 51.7 Å². The van der Waals surface area contributed by atoms with Crippen molar-refractivity contribution in [1.29, 1.82) is 0 Å². The minimum absolute atomic E-state index is 0.498. The lowest BCUT2D eigenvalue weighted by atomic mass is 10.2. The van der Waals surface area contributed by atoms with Gasteiger partial charge in [-0.1, -0.05) is 11.3 Å². The summed E-state index contributed by atoms with van der Waals surface area (Å²) >= 11 is 7.36. The number of thiazole rings is 1. The van der Waals surface area contributed by atoms with E-state index in [4.69, 9.17) is 21.3 Å². The van der Waals surface area contributed by atoms with E-state index in [2.05, 4.69) is 4.98 Å². The monoisotopic (exact) mass is 326 g/mol. The maximum Gasteiger partial charge on any atom is 0.429 e. The van der Waals surface area contributed by atoms with Crippen molar-refractivity contribution in [2.75, 3.05) is 4.42 Å². The first-order chi connectivity index (χ1) is 9.85. The van der Waals surface area contributed by atoms with Crippen molar-refractivity contribution in [3.05, 3.63) is 35.8 Å². The number of ether oxygens (including phenoxy) is 2. The van der Waals surface area contributed by atoms with Gasteiger partial charge in [0.25, 0.3) is 5.19 Å². The molecule has 1 heterocycles. The normalized spacial score (nSPS) is 11.0. The van der Waals surface area contributed by atoms with Gasteiger partial charge >= 0.3 is 6.09 Å². The van der Waals surface area contributed by atoms with Crippen LogP contribution in [0.5, 0.6) is 10.9 Å². The molecule has 0 unspecified atom stereocenters. The van der Waals surface area contributed by atoms with Crippen LogP contribution in [0.1, 0.15) is 20.8 Å². The number of carbonyl (C=O) groups excluding carboxylic acids is 1. The van der Waals surface area contributed by atoms with Crippen LogP contribution in [0, 0.1) is 0 Å². The molecule has 7 heteroatoms. The van der Waals surface area contributed by atoms with Gasteiger partial charge in [0.2, 0.25) is 0 Å². The molecule has 0 radical (unpaired) electrons. The first-order valence-corrected chi connectivity index (χ1v) is 7.43. The van der Waals surface area contributed by atoms with Crippen molar-refractivity contribution >= 4 is 34.9 Å². The molecular weight excluding hydrogens is 312 g/mol. The fourth-order valence-electron chi connectivity index (χ4n) is 1.41. The maximum absolute atomic E-state index is 11.8. The van der Waals surface area contributed by atoms with E-state index >= 15 is 0 Å². The lowest BCUT2D eigenvalue weighted by Crippen LogP contribution is -2.31. The zero-order valence-corrected chi connectivity index (χ0v) is 13.4. The molecule has 0 aliphatic heterocycles. The standard InChI is InChI=1S/C14H15ClN2O3S/c1-14(2,3)20-13(18)17(15)10-4-6-11(7-5-10)19-12-16-8-9-21-12/h4-9H,1-3H3. The van der Waals surface area contributed by atoms with Gasteiger partial charge in [-0.15, -0.1) is 0 Å². The highest BCUT2D eigenvalue weighted by Gasteiger charge is 2.22. The lowest BCUT2D eigenvalue weighted by molar-refractivity contribution is 0.0609. The molecule has 2 rings (SSSR count). The van der Waals surface area contributed by atoms with Crippen LogP contribution in [0.4, 0.5) is 10.5 Å². The third kappa shape index (κ3) is 4.61. The second-order valence-corrected chi connectivity index (χ2v) is 6.35. The SMILES string of the molecule is CC(C)(C)OC(=O)N(Cl)c1ccc(Oc2nccs2)cc1. The summed E-state index contributed by atoms with van der Waals surface area (Å²) < 4.78 is 11.6. The van der Waals surface area contributed by atoms with E-state index in [0.717, 1.165) is 4.42 Å². The molecule has 0 N–H and O–H groups in total. The molecule has 0 fully saturated rings. The fraction of sp³-hybridized carbons (Fsp3) is 0.286. The van der Waals surface area contributed by atoms with Gasteiger partial charge < -0.3 is 9.47 Å². The summed E-state index contributed by atoms with van der Waals surface area (Å²) in [7, 11) is 0. The Kier molecular flexibility index (Phi) is 4.69. The number of hydrogen-bond acceptors (Lipinski definition) is 5. The number of rotatable bonds is 3. The van der Waals surface area contributed by atoms with E-state index in [-0.39, 0.29) is 0 Å². The summed E-state index contributed by atoms with van der Waals surface area (Å²) in [6.45, 7) is 5.34. The third-order valence-corrected chi connectivity index (χ3v) is 3.21. The fourth-order valence-corrected chi connectivity index (χ4v) is 2.07. The van der Waals surface area contributed by atoms with Crippen molar-refractivity contribution in [1.82, 2.24) is 4.98 Å². The van der Waals surface area contributed by atoms with Gasteiger partial charge in [-0.05, 0) is 45.0 Å². The number of halogens is 1. The predicted octanol–water partition coefficient (Wildman–Crippen LogP) is 4.83. The lowest BCUT2D eigenvalue weighted by Gasteiger charge is -2.22. The number of anilines is 1. The number of carbonyl (C=O) groups is 1. The number of amides is 1. The van der Waals surface area contributed by atoms with Gasteiger partial charge in [-0.3, -0.25) is 0 Å². The zero-order chi connectivity index (χ0) is 15.5. The molecule has 0 saturated heterocycles. The molecule has 21 heavy (non-hydrogen) atoms. The van der Waals surface area contributed by atoms with Gasteiger partial charge in [0.05, 0.1) is 5.69 Å². The van der Waals surface area contributed by atoms with Crippen molar-refractivity contribution < 1.29 is 14.3 Å². The highest BCUT2D eigenvalue weighted by Crippen LogP contribution is 2.27. The second-order valence-electron chi connectivity index (χ2n) is 5.16. The van der Waals surface area contributed by atoms with Gasteiger partial charge in [0.15, 0.2) is 0 Å². The summed E-state index contributed by atoms with van der Waals surface area (Å²) in [4.78, 5) is 15.9. The number of benzene rings is 1. The van der Waals surface area contributed by atoms with Gasteiger partial charge in [-0.2, -0.15) is 4.42 Å². The summed E-state index contributed by atoms with van der Waals surface area (Å²) in [6, 6.07) is 6.74. The van der Waals surface area contributed by atoms with Gasteiger partial charge in [0, 0.05) is 23.4 Å². The summed E-state index contributed by atoms with van der Waals surface area (Å²) in [6.07, 6.45) is 1.04. The van der Waals surface area contributed by atoms with Crippen LogP contribution in [0.25, 0.3) is 0 Å². The second kappa shape index (κ2) is 6.32. The average Bonchev–Trinajstić information content (AvgIpc) is 2.90. The molecule has 112 valence electrons. The number of aromatic nitrogens is 1. The molecule has 5 nitrogen and oxygen atoms in total. The first-order valence-electron chi connectivity index (χ1n) is 6.21. The molecule has 0 aliphatic rings. The van der Waals surface area contributed by atoms with E-state index in [1.165, 1.54) is 11.3 Å². The largest absolute Gasteiger partial charge is 0.443 e. The van der Waals surface area contributed by atoms with E-state index < -0.39 is 11.7 Å². The molecule has 0 atom stereocenters. The van der Waals surface area contributed by atoms with Gasteiger partial charge in [0.1, 0.15) is 11.4 Å². The number of nitrogens with zero attached hydrogens (tertiary/aromatic N) is 2. The minimum atomic E-state index is -0.627. The molecule has 0 saturated carbocycles. The summed E-state index contributed by atoms with van der Waals surface area (Å²) in [5.41, 5.74) is -0.101. The zero-order valence-electron chi connectivity index (χ0n) is 11.9. The summed E-state index contributed by atoms with van der Waals surface area (Å²) in [5.74, 6) is 0.614. The smallest absolute Gasteiger partial charge is 0.429 e. The van der Waals surface area contributed by atoms with Crippen molar-refractivity contribution in [2.45, 2.75) is 26.4 Å². The Morgan fingerprint density at radius 1 is 1.29 bits per heavy atom. The Labute approximate surface area is 132 Å². The molecule has 0 bridgehead atoms. The molecule has 0 aliphatic carbocycles. The number of hydrogen-bond donors (Lipinski definition) is 0. The van der Waals surface area contributed by atoms with Crippen LogP contribution in [0.15, 0.2) is 35.8 Å². The molecule has 1 aromatic carbocycles. The Balaban J connectivity index is 2.02. The Bertz CT molecular complexity index is 594. The molecule has 0 spiro atoms. The average molecular weight is 327 g/mol. The Hall–Kier alpha value is -1.79. The molecule has 1 aromatic heterocycles. The van der Waals surface area contributed by atoms with Crippen molar-refractivity contribution in [3.8, 4) is 10.9 Å². The van der Waals surface area contributed by atoms with Crippen LogP contribution in [-0.2, 0) is 4.74 Å². The summed E-state index contributed by atoms with van der Waals surface area (Å²) in [5, 5.41) is 2.38. The molecule has 1 amide bonds. The van der Waals surface area contributed by atoms with E-state index in [9.17, 15) is 4.79 Å². The highest BCUT2D eigenvalue weighted by molar-refractivity contribution is 7.11. The maximum atomic E-state index is 11.8. The van der Waals surface area contributed by atoms with E-state index in [1.54, 1.807) is 51.2 Å². The predicted molar refractivity (Wildman–Crippen MR) is 83.2 cm³/mol. The molecule has 2 aromatic rings. The first kappa shape index (κ1) is 15.6. The van der Waals surface area contributed by atoms with Crippen LogP contribution < -0.4 is 9.16 Å². The van der Waals surface area contributed by atoms with Gasteiger partial charge in [-0.25, -0.2) is 9.78 Å². The van der Waals surface area contributed by atoms with Crippen molar-refractivity contribution in [2.24, 2.45) is 0 Å². The molecular formula is C14H15ClN2O3S. The third-order valence-electron chi connectivity index (χ3n) is 2.23. The van der Waals surface area contributed by atoms with Crippen molar-refractivity contribution in [3.63, 3.8) is 0 Å². The Morgan fingerprint density at radius 3 is 2.48 bits per heavy atom. The Morgan fingerprint density at radius 2 is 1.95 bits per heavy atom. The van der Waals surface area contributed by atoms with Crippen LogP contribution in [0.3, 0.4) is 0 Å². The van der Waals surface area contributed by atoms with Crippen LogP contribution >= 0.6 is 23.1 Å². The highest BCUT2D eigenvalue weighted by atomic mass is 35.5. The quantitative estimate of drug-likeness (QED) is 0.758. The van der Waals surface area contributed by atoms with Crippen LogP contribution in [0.2, 0.25) is 0 Å². The van der Waals surface area contributed by atoms with Crippen LogP contribution in [-0.4, -0.2) is 16.7 Å².